The first-order chi connectivity index (χ1) is 10.6. The average Bonchev–Trinajstić information content (AvgIpc) is 2.91. The van der Waals surface area contributed by atoms with Crippen molar-refractivity contribution in [2.45, 2.75) is 50.6 Å². The molecule has 2 nitrogen and oxygen atoms in total. The summed E-state index contributed by atoms with van der Waals surface area (Å²) in [6.07, 6.45) is 3.71. The predicted molar refractivity (Wildman–Crippen MR) is 103 cm³/mol. The summed E-state index contributed by atoms with van der Waals surface area (Å²) in [6.45, 7) is 7.15. The van der Waals surface area contributed by atoms with Crippen molar-refractivity contribution in [3.8, 4) is 5.75 Å². The highest BCUT2D eigenvalue weighted by atomic mass is 127. The Hall–Kier alpha value is -0.620. The van der Waals surface area contributed by atoms with Crippen molar-refractivity contribution in [2.75, 3.05) is 0 Å². The van der Waals surface area contributed by atoms with Crippen LogP contribution in [0.2, 0.25) is 0 Å². The third kappa shape index (κ3) is 5.54. The molecule has 1 heterocycles. The molecule has 2 atom stereocenters. The normalized spacial score (nSPS) is 13.8. The van der Waals surface area contributed by atoms with Gasteiger partial charge in [0.1, 0.15) is 12.4 Å². The molecule has 4 heteroatoms. The van der Waals surface area contributed by atoms with Crippen molar-refractivity contribution >= 4 is 33.9 Å². The van der Waals surface area contributed by atoms with Crippen LogP contribution in [0.3, 0.4) is 0 Å². The van der Waals surface area contributed by atoms with Gasteiger partial charge in [-0.3, -0.25) is 0 Å². The lowest BCUT2D eigenvalue weighted by Crippen LogP contribution is -2.13. The van der Waals surface area contributed by atoms with Crippen molar-refractivity contribution in [3.63, 3.8) is 0 Å². The zero-order valence-corrected chi connectivity index (χ0v) is 16.5. The molecule has 0 fully saturated rings. The van der Waals surface area contributed by atoms with Gasteiger partial charge in [-0.2, -0.15) is 0 Å². The Morgan fingerprint density at radius 1 is 1.27 bits per heavy atom. The summed E-state index contributed by atoms with van der Waals surface area (Å²) in [4.78, 5) is 4.42. The van der Waals surface area contributed by atoms with Gasteiger partial charge in [0, 0.05) is 9.30 Å². The molecule has 0 bridgehead atoms. The topological polar surface area (TPSA) is 22.1 Å². The van der Waals surface area contributed by atoms with Gasteiger partial charge < -0.3 is 4.74 Å². The number of hydrogen-bond donors (Lipinski definition) is 0. The molecule has 1 aromatic heterocycles. The fourth-order valence-corrected chi connectivity index (χ4v) is 3.73. The van der Waals surface area contributed by atoms with Crippen LogP contribution in [0.1, 0.15) is 43.0 Å². The van der Waals surface area contributed by atoms with Gasteiger partial charge in [-0.05, 0) is 43.4 Å². The molecule has 120 valence electrons. The molecule has 0 spiro atoms. The van der Waals surface area contributed by atoms with Crippen LogP contribution in [-0.4, -0.2) is 8.91 Å². The third-order valence-corrected chi connectivity index (χ3v) is 5.62. The summed E-state index contributed by atoms with van der Waals surface area (Å²) in [5.41, 5.74) is 2.41. The van der Waals surface area contributed by atoms with Gasteiger partial charge in [0.15, 0.2) is 0 Å². The minimum atomic E-state index is 0.549. The predicted octanol–water partition coefficient (Wildman–Crippen LogP) is 5.81. The summed E-state index contributed by atoms with van der Waals surface area (Å²) < 4.78 is 6.51. The SMILES string of the molecule is CCCC(Cc1ccc(OCc2csc(C)n2)cc1)C(C)I. The lowest BCUT2D eigenvalue weighted by atomic mass is 9.93. The van der Waals surface area contributed by atoms with Gasteiger partial charge in [-0.1, -0.05) is 55.0 Å². The monoisotopic (exact) mass is 429 g/mol. The van der Waals surface area contributed by atoms with Gasteiger partial charge in [-0.15, -0.1) is 11.3 Å². The Morgan fingerprint density at radius 3 is 2.55 bits per heavy atom. The molecular formula is C18H24INOS. The Morgan fingerprint density at radius 2 is 2.00 bits per heavy atom. The fraction of sp³-hybridized carbons (Fsp3) is 0.500. The Bertz CT molecular complexity index is 565. The minimum absolute atomic E-state index is 0.549. The van der Waals surface area contributed by atoms with Crippen LogP contribution in [-0.2, 0) is 13.0 Å². The highest BCUT2D eigenvalue weighted by Crippen LogP contribution is 2.24. The van der Waals surface area contributed by atoms with Crippen LogP contribution in [0.25, 0.3) is 0 Å². The molecule has 2 rings (SSSR count). The van der Waals surface area contributed by atoms with E-state index in [2.05, 4.69) is 71.1 Å². The van der Waals surface area contributed by atoms with Crippen LogP contribution >= 0.6 is 33.9 Å². The van der Waals surface area contributed by atoms with E-state index in [1.807, 2.05) is 6.92 Å². The molecule has 0 radical (unpaired) electrons. The molecule has 0 aliphatic carbocycles. The second-order valence-electron chi connectivity index (χ2n) is 5.72. The van der Waals surface area contributed by atoms with Gasteiger partial charge in [0.25, 0.3) is 0 Å². The van der Waals surface area contributed by atoms with Crippen LogP contribution in [0.5, 0.6) is 5.75 Å². The Kier molecular flexibility index (Phi) is 7.15. The van der Waals surface area contributed by atoms with E-state index in [1.165, 1.54) is 18.4 Å². The number of aryl methyl sites for hydroxylation is 1. The first kappa shape index (κ1) is 17.7. The average molecular weight is 429 g/mol. The number of halogens is 1. The largest absolute Gasteiger partial charge is 0.487 e. The van der Waals surface area contributed by atoms with E-state index in [0.29, 0.717) is 10.5 Å². The summed E-state index contributed by atoms with van der Waals surface area (Å²) in [7, 11) is 0. The first-order valence-electron chi connectivity index (χ1n) is 7.85. The number of thiazole rings is 1. The van der Waals surface area contributed by atoms with Crippen molar-refractivity contribution in [1.29, 1.82) is 0 Å². The zero-order chi connectivity index (χ0) is 15.9. The smallest absolute Gasteiger partial charge is 0.131 e. The Balaban J connectivity index is 1.89. The zero-order valence-electron chi connectivity index (χ0n) is 13.5. The number of aromatic nitrogens is 1. The van der Waals surface area contributed by atoms with E-state index in [1.54, 1.807) is 11.3 Å². The number of benzene rings is 1. The molecule has 0 N–H and O–H groups in total. The van der Waals surface area contributed by atoms with E-state index < -0.39 is 0 Å². The van der Waals surface area contributed by atoms with E-state index in [0.717, 1.165) is 28.8 Å². The summed E-state index contributed by atoms with van der Waals surface area (Å²) in [5.74, 6) is 1.68. The van der Waals surface area contributed by atoms with Crippen LogP contribution in [0.15, 0.2) is 29.6 Å². The highest BCUT2D eigenvalue weighted by molar-refractivity contribution is 14.1. The van der Waals surface area contributed by atoms with Crippen LogP contribution in [0, 0.1) is 12.8 Å². The fourth-order valence-electron chi connectivity index (χ4n) is 2.52. The maximum Gasteiger partial charge on any atom is 0.131 e. The van der Waals surface area contributed by atoms with Crippen molar-refractivity contribution in [1.82, 2.24) is 4.98 Å². The number of nitrogens with zero attached hydrogens (tertiary/aromatic N) is 1. The molecule has 0 aliphatic heterocycles. The van der Waals surface area contributed by atoms with E-state index in [-0.39, 0.29) is 0 Å². The van der Waals surface area contributed by atoms with Crippen molar-refractivity contribution < 1.29 is 4.74 Å². The third-order valence-electron chi connectivity index (χ3n) is 3.78. The maximum absolute atomic E-state index is 5.80. The molecule has 2 unspecified atom stereocenters. The molecule has 0 aliphatic rings. The summed E-state index contributed by atoms with van der Waals surface area (Å²) in [5, 5.41) is 3.14. The van der Waals surface area contributed by atoms with E-state index in [9.17, 15) is 0 Å². The molecule has 0 saturated heterocycles. The molecule has 2 aromatic rings. The molecule has 1 aromatic carbocycles. The first-order valence-corrected chi connectivity index (χ1v) is 9.97. The van der Waals surface area contributed by atoms with Crippen molar-refractivity contribution in [3.05, 3.63) is 45.9 Å². The van der Waals surface area contributed by atoms with Crippen molar-refractivity contribution in [2.24, 2.45) is 5.92 Å². The second-order valence-corrected chi connectivity index (χ2v) is 8.75. The minimum Gasteiger partial charge on any atom is -0.487 e. The number of rotatable bonds is 8. The number of ether oxygens (including phenoxy) is 1. The molecular weight excluding hydrogens is 405 g/mol. The van der Waals surface area contributed by atoms with Gasteiger partial charge in [0.05, 0.1) is 10.7 Å². The second kappa shape index (κ2) is 8.87. The highest BCUT2D eigenvalue weighted by Gasteiger charge is 2.14. The van der Waals surface area contributed by atoms with Gasteiger partial charge in [0.2, 0.25) is 0 Å². The standard InChI is InChI=1S/C18H24INOS/c1-4-5-16(13(2)19)10-15-6-8-18(9-7-15)21-11-17-12-22-14(3)20-17/h6-9,12-13,16H,4-5,10-11H2,1-3H3. The summed E-state index contributed by atoms with van der Waals surface area (Å²) in [6, 6.07) is 8.55. The quantitative estimate of drug-likeness (QED) is 0.390. The molecule has 0 amide bonds. The lowest BCUT2D eigenvalue weighted by Gasteiger charge is -2.19. The summed E-state index contributed by atoms with van der Waals surface area (Å²) >= 11 is 4.22. The van der Waals surface area contributed by atoms with Crippen LogP contribution in [0.4, 0.5) is 0 Å². The van der Waals surface area contributed by atoms with Crippen LogP contribution < -0.4 is 4.74 Å². The van der Waals surface area contributed by atoms with Gasteiger partial charge in [-0.25, -0.2) is 4.98 Å². The van der Waals surface area contributed by atoms with E-state index in [4.69, 9.17) is 4.74 Å². The maximum atomic E-state index is 5.80. The molecule has 22 heavy (non-hydrogen) atoms. The van der Waals surface area contributed by atoms with E-state index >= 15 is 0 Å². The number of hydrogen-bond acceptors (Lipinski definition) is 3. The lowest BCUT2D eigenvalue weighted by molar-refractivity contribution is 0.302. The Labute approximate surface area is 151 Å². The number of alkyl halides is 1. The van der Waals surface area contributed by atoms with Gasteiger partial charge >= 0.3 is 0 Å². The molecule has 0 saturated carbocycles.